The number of nitrogens with zero attached hydrogens (tertiary/aromatic N) is 1. The molecule has 0 aromatic carbocycles. The Kier molecular flexibility index (Phi) is 4.78. The van der Waals surface area contributed by atoms with E-state index >= 15 is 0 Å². The number of nitrogens with two attached hydrogens (primary N) is 1. The molecule has 0 bridgehead atoms. The summed E-state index contributed by atoms with van der Waals surface area (Å²) in [6, 6.07) is 0. The quantitative estimate of drug-likeness (QED) is 0.731. The molecule has 0 fully saturated rings. The van der Waals surface area contributed by atoms with Crippen molar-refractivity contribution in [2.75, 3.05) is 6.54 Å². The standard InChI is InChI=1S/C8H13N3O2S3/c1-6(8(9)14)16(12,13)11-3-2-7-10-4-5-15-7/h4-6,11H,2-3H2,1H3,(H2,9,14). The summed E-state index contributed by atoms with van der Waals surface area (Å²) in [6.07, 6.45) is 2.26. The first kappa shape index (κ1) is 13.5. The van der Waals surface area contributed by atoms with Crippen LogP contribution in [0.25, 0.3) is 0 Å². The smallest absolute Gasteiger partial charge is 0.220 e. The van der Waals surface area contributed by atoms with Crippen molar-refractivity contribution in [3.63, 3.8) is 0 Å². The summed E-state index contributed by atoms with van der Waals surface area (Å²) in [6.45, 7) is 1.77. The Morgan fingerprint density at radius 2 is 2.44 bits per heavy atom. The van der Waals surface area contributed by atoms with Gasteiger partial charge in [-0.2, -0.15) is 0 Å². The van der Waals surface area contributed by atoms with Crippen LogP contribution in [0.15, 0.2) is 11.6 Å². The van der Waals surface area contributed by atoms with E-state index in [9.17, 15) is 8.42 Å². The minimum atomic E-state index is -3.45. The summed E-state index contributed by atoms with van der Waals surface area (Å²) in [5.41, 5.74) is 5.29. The largest absolute Gasteiger partial charge is 0.392 e. The fraction of sp³-hybridized carbons (Fsp3) is 0.500. The van der Waals surface area contributed by atoms with E-state index < -0.39 is 15.3 Å². The van der Waals surface area contributed by atoms with Gasteiger partial charge in [0.2, 0.25) is 10.0 Å². The predicted octanol–water partition coefficient (Wildman–Crippen LogP) is 0.280. The number of rotatable bonds is 6. The predicted molar refractivity (Wildman–Crippen MR) is 69.0 cm³/mol. The highest BCUT2D eigenvalue weighted by atomic mass is 32.2. The van der Waals surface area contributed by atoms with Crippen molar-refractivity contribution in [3.8, 4) is 0 Å². The van der Waals surface area contributed by atoms with Gasteiger partial charge >= 0.3 is 0 Å². The molecule has 3 N–H and O–H groups in total. The Morgan fingerprint density at radius 3 is 2.94 bits per heavy atom. The Labute approximate surface area is 104 Å². The topological polar surface area (TPSA) is 85.1 Å². The molecule has 0 saturated heterocycles. The fourth-order valence-corrected chi connectivity index (χ4v) is 2.90. The molecule has 8 heteroatoms. The molecule has 1 heterocycles. The van der Waals surface area contributed by atoms with Crippen LogP contribution in [0.2, 0.25) is 0 Å². The Morgan fingerprint density at radius 1 is 1.75 bits per heavy atom. The van der Waals surface area contributed by atoms with Crippen molar-refractivity contribution in [2.24, 2.45) is 5.73 Å². The van der Waals surface area contributed by atoms with Crippen molar-refractivity contribution in [2.45, 2.75) is 18.6 Å². The second-order valence-electron chi connectivity index (χ2n) is 3.16. The number of thiazole rings is 1. The first-order valence-electron chi connectivity index (χ1n) is 4.59. The zero-order valence-electron chi connectivity index (χ0n) is 8.71. The molecular weight excluding hydrogens is 266 g/mol. The average molecular weight is 279 g/mol. The molecular formula is C8H13N3O2S3. The highest BCUT2D eigenvalue weighted by molar-refractivity contribution is 7.93. The maximum absolute atomic E-state index is 11.6. The third kappa shape index (κ3) is 3.78. The van der Waals surface area contributed by atoms with E-state index in [2.05, 4.69) is 21.9 Å². The molecule has 1 aromatic heterocycles. The van der Waals surface area contributed by atoms with Crippen LogP contribution in [0.1, 0.15) is 11.9 Å². The molecule has 0 spiro atoms. The number of aromatic nitrogens is 1. The molecule has 1 atom stereocenters. The van der Waals surface area contributed by atoms with Gasteiger partial charge < -0.3 is 5.73 Å². The lowest BCUT2D eigenvalue weighted by Crippen LogP contribution is -2.40. The van der Waals surface area contributed by atoms with Crippen LogP contribution in [-0.2, 0) is 16.4 Å². The maximum atomic E-state index is 11.6. The van der Waals surface area contributed by atoms with Crippen molar-refractivity contribution in [3.05, 3.63) is 16.6 Å². The number of sulfonamides is 1. The molecule has 0 radical (unpaired) electrons. The van der Waals surface area contributed by atoms with Gasteiger partial charge in [0, 0.05) is 24.5 Å². The van der Waals surface area contributed by atoms with E-state index in [0.717, 1.165) is 5.01 Å². The first-order valence-corrected chi connectivity index (χ1v) is 7.43. The minimum Gasteiger partial charge on any atom is -0.392 e. The SMILES string of the molecule is CC(C(N)=S)S(=O)(=O)NCCc1nccs1. The summed E-state index contributed by atoms with van der Waals surface area (Å²) in [4.78, 5) is 4.02. The van der Waals surface area contributed by atoms with Crippen LogP contribution in [0.3, 0.4) is 0 Å². The summed E-state index contributed by atoms with van der Waals surface area (Å²) in [5.74, 6) is 0. The van der Waals surface area contributed by atoms with E-state index in [1.165, 1.54) is 18.3 Å². The highest BCUT2D eigenvalue weighted by Crippen LogP contribution is 2.04. The first-order chi connectivity index (χ1) is 7.43. The lowest BCUT2D eigenvalue weighted by atomic mass is 10.5. The van der Waals surface area contributed by atoms with E-state index in [-0.39, 0.29) is 4.99 Å². The fourth-order valence-electron chi connectivity index (χ4n) is 0.955. The number of hydrogen-bond acceptors (Lipinski definition) is 5. The lowest BCUT2D eigenvalue weighted by molar-refractivity contribution is 0.578. The van der Waals surface area contributed by atoms with Crippen LogP contribution in [0.4, 0.5) is 0 Å². The van der Waals surface area contributed by atoms with Crippen LogP contribution < -0.4 is 10.5 Å². The molecule has 16 heavy (non-hydrogen) atoms. The van der Waals surface area contributed by atoms with Gasteiger partial charge in [-0.05, 0) is 6.92 Å². The van der Waals surface area contributed by atoms with Crippen LogP contribution in [0.5, 0.6) is 0 Å². The van der Waals surface area contributed by atoms with Gasteiger partial charge in [-0.3, -0.25) is 0 Å². The summed E-state index contributed by atoms with van der Waals surface area (Å²) < 4.78 is 25.7. The van der Waals surface area contributed by atoms with Gasteiger partial charge in [-0.15, -0.1) is 11.3 Å². The van der Waals surface area contributed by atoms with Crippen molar-refractivity contribution < 1.29 is 8.42 Å². The Bertz CT molecular complexity index is 441. The van der Waals surface area contributed by atoms with Gasteiger partial charge in [-0.25, -0.2) is 18.1 Å². The van der Waals surface area contributed by atoms with Crippen LogP contribution >= 0.6 is 23.6 Å². The maximum Gasteiger partial charge on any atom is 0.220 e. The van der Waals surface area contributed by atoms with Crippen LogP contribution in [0, 0.1) is 0 Å². The molecule has 90 valence electrons. The zero-order valence-corrected chi connectivity index (χ0v) is 11.2. The number of nitrogens with one attached hydrogen (secondary N) is 1. The van der Waals surface area contributed by atoms with E-state index in [0.29, 0.717) is 13.0 Å². The molecule has 0 aliphatic heterocycles. The van der Waals surface area contributed by atoms with Gasteiger partial charge in [0.25, 0.3) is 0 Å². The molecule has 1 aromatic rings. The van der Waals surface area contributed by atoms with Crippen molar-refractivity contribution >= 4 is 38.6 Å². The zero-order chi connectivity index (χ0) is 12.2. The summed E-state index contributed by atoms with van der Waals surface area (Å²) in [7, 11) is -3.45. The van der Waals surface area contributed by atoms with E-state index in [4.69, 9.17) is 5.73 Å². The van der Waals surface area contributed by atoms with Gasteiger partial charge in [0.1, 0.15) is 5.25 Å². The molecule has 0 amide bonds. The molecule has 0 saturated carbocycles. The molecule has 0 aliphatic carbocycles. The Hall–Kier alpha value is -0.570. The molecule has 1 unspecified atom stereocenters. The third-order valence-electron chi connectivity index (χ3n) is 1.99. The second-order valence-corrected chi connectivity index (χ2v) is 6.70. The van der Waals surface area contributed by atoms with Gasteiger partial charge in [-0.1, -0.05) is 12.2 Å². The van der Waals surface area contributed by atoms with Gasteiger partial charge in [0.05, 0.1) is 10.00 Å². The van der Waals surface area contributed by atoms with Gasteiger partial charge in [0.15, 0.2) is 0 Å². The normalized spacial score (nSPS) is 13.6. The van der Waals surface area contributed by atoms with E-state index in [1.54, 1.807) is 6.20 Å². The summed E-state index contributed by atoms with van der Waals surface area (Å²) >= 11 is 6.14. The number of hydrogen-bond donors (Lipinski definition) is 2. The number of thiocarbonyl (C=S) groups is 1. The lowest BCUT2D eigenvalue weighted by Gasteiger charge is -2.11. The van der Waals surface area contributed by atoms with Crippen molar-refractivity contribution in [1.82, 2.24) is 9.71 Å². The van der Waals surface area contributed by atoms with Crippen LogP contribution in [-0.4, -0.2) is 30.2 Å². The Balaban J connectivity index is 2.46. The summed E-state index contributed by atoms with van der Waals surface area (Å²) in [5, 5.41) is 1.89. The second kappa shape index (κ2) is 5.67. The highest BCUT2D eigenvalue weighted by Gasteiger charge is 2.22. The minimum absolute atomic E-state index is 0.0262. The van der Waals surface area contributed by atoms with Crippen molar-refractivity contribution in [1.29, 1.82) is 0 Å². The van der Waals surface area contributed by atoms with E-state index in [1.807, 2.05) is 5.38 Å². The molecule has 0 aliphatic rings. The monoisotopic (exact) mass is 279 g/mol. The molecule has 5 nitrogen and oxygen atoms in total. The third-order valence-corrected chi connectivity index (χ3v) is 5.13. The average Bonchev–Trinajstić information content (AvgIpc) is 2.69. The molecule has 1 rings (SSSR count).